The number of rotatable bonds is 8. The molecule has 0 heterocycles. The van der Waals surface area contributed by atoms with E-state index in [0.717, 1.165) is 18.8 Å². The van der Waals surface area contributed by atoms with Gasteiger partial charge in [-0.15, -0.1) is 0 Å². The van der Waals surface area contributed by atoms with Gasteiger partial charge in [-0.05, 0) is 38.1 Å². The Kier molecular flexibility index (Phi) is 7.04. The summed E-state index contributed by atoms with van der Waals surface area (Å²) in [5, 5.41) is 12.6. The number of ether oxygens (including phenoxy) is 1. The molecule has 0 bridgehead atoms. The molecular weight excluding hydrogens is 256 g/mol. The van der Waals surface area contributed by atoms with Crippen molar-refractivity contribution in [2.24, 2.45) is 0 Å². The molecule has 1 rings (SSSR count). The van der Waals surface area contributed by atoms with Crippen molar-refractivity contribution < 1.29 is 19.5 Å². The molecule has 1 atom stereocenters. The Morgan fingerprint density at radius 1 is 1.30 bits per heavy atom. The minimum Gasteiger partial charge on any atom is -0.491 e. The summed E-state index contributed by atoms with van der Waals surface area (Å²) in [6, 6.07) is 7.11. The molecule has 0 saturated heterocycles. The molecule has 0 aliphatic heterocycles. The number of amides is 1. The van der Waals surface area contributed by atoms with Gasteiger partial charge in [0.05, 0.1) is 13.1 Å². The maximum absolute atomic E-state index is 10.9. The maximum atomic E-state index is 10.9. The molecule has 1 aromatic carbocycles. The third-order valence-electron chi connectivity index (χ3n) is 3.14. The van der Waals surface area contributed by atoms with E-state index < -0.39 is 6.10 Å². The molecule has 1 aromatic rings. The van der Waals surface area contributed by atoms with E-state index in [1.165, 1.54) is 11.8 Å². The largest absolute Gasteiger partial charge is 0.491 e. The Morgan fingerprint density at radius 3 is 2.40 bits per heavy atom. The van der Waals surface area contributed by atoms with Crippen LogP contribution in [0.25, 0.3) is 0 Å². The maximum Gasteiger partial charge on any atom is 0.221 e. The number of quaternary nitrogens is 1. The van der Waals surface area contributed by atoms with Crippen LogP contribution in [0.4, 0.5) is 5.69 Å². The highest BCUT2D eigenvalue weighted by Gasteiger charge is 2.12. The van der Waals surface area contributed by atoms with E-state index in [2.05, 4.69) is 19.2 Å². The number of carbonyl (C=O) groups is 1. The second-order valence-electron chi connectivity index (χ2n) is 4.83. The van der Waals surface area contributed by atoms with Gasteiger partial charge in [0.25, 0.3) is 0 Å². The van der Waals surface area contributed by atoms with Crippen LogP contribution in [-0.2, 0) is 4.79 Å². The fourth-order valence-electron chi connectivity index (χ4n) is 1.96. The van der Waals surface area contributed by atoms with Crippen LogP contribution in [0.15, 0.2) is 24.3 Å². The van der Waals surface area contributed by atoms with Crippen molar-refractivity contribution in [3.63, 3.8) is 0 Å². The van der Waals surface area contributed by atoms with Crippen LogP contribution in [0.5, 0.6) is 5.75 Å². The number of anilines is 1. The fourth-order valence-corrected chi connectivity index (χ4v) is 1.96. The Morgan fingerprint density at radius 2 is 1.90 bits per heavy atom. The van der Waals surface area contributed by atoms with Gasteiger partial charge in [0.15, 0.2) is 0 Å². The van der Waals surface area contributed by atoms with Gasteiger partial charge >= 0.3 is 0 Å². The normalized spacial score (nSPS) is 12.2. The number of benzene rings is 1. The minimum absolute atomic E-state index is 0.101. The van der Waals surface area contributed by atoms with Gasteiger partial charge in [0.1, 0.15) is 25.0 Å². The first kappa shape index (κ1) is 16.5. The van der Waals surface area contributed by atoms with Gasteiger partial charge in [0, 0.05) is 12.6 Å². The highest BCUT2D eigenvalue weighted by Crippen LogP contribution is 2.15. The van der Waals surface area contributed by atoms with E-state index in [9.17, 15) is 9.90 Å². The summed E-state index contributed by atoms with van der Waals surface area (Å²) in [6.07, 6.45) is -0.472. The summed E-state index contributed by atoms with van der Waals surface area (Å²) in [4.78, 5) is 12.2. The van der Waals surface area contributed by atoms with Crippen molar-refractivity contribution in [3.05, 3.63) is 24.3 Å². The van der Waals surface area contributed by atoms with Crippen molar-refractivity contribution in [2.75, 3.05) is 31.6 Å². The molecule has 0 aliphatic carbocycles. The number of hydrogen-bond donors (Lipinski definition) is 3. The molecule has 0 radical (unpaired) electrons. The van der Waals surface area contributed by atoms with Crippen LogP contribution in [0.1, 0.15) is 20.8 Å². The molecule has 0 aromatic heterocycles. The summed E-state index contributed by atoms with van der Waals surface area (Å²) in [7, 11) is 0. The predicted octanol–water partition coefficient (Wildman–Crippen LogP) is 0.309. The fraction of sp³-hybridized carbons (Fsp3) is 0.533. The third kappa shape index (κ3) is 6.04. The topological polar surface area (TPSA) is 63.0 Å². The highest BCUT2D eigenvalue weighted by atomic mass is 16.5. The molecule has 5 nitrogen and oxygen atoms in total. The number of likely N-dealkylation sites (N-methyl/N-ethyl adjacent to an activating group) is 1. The number of hydrogen-bond acceptors (Lipinski definition) is 3. The summed E-state index contributed by atoms with van der Waals surface area (Å²) in [5.74, 6) is 0.587. The zero-order chi connectivity index (χ0) is 15.0. The second-order valence-corrected chi connectivity index (χ2v) is 4.83. The van der Waals surface area contributed by atoms with Gasteiger partial charge in [-0.1, -0.05) is 0 Å². The van der Waals surface area contributed by atoms with Crippen LogP contribution < -0.4 is 15.0 Å². The summed E-state index contributed by atoms with van der Waals surface area (Å²) in [5.41, 5.74) is 0.734. The Balaban J connectivity index is 2.39. The van der Waals surface area contributed by atoms with Crippen LogP contribution in [0, 0.1) is 0 Å². The van der Waals surface area contributed by atoms with E-state index in [4.69, 9.17) is 4.74 Å². The van der Waals surface area contributed by atoms with Gasteiger partial charge in [-0.3, -0.25) is 4.79 Å². The van der Waals surface area contributed by atoms with Crippen LogP contribution >= 0.6 is 0 Å². The van der Waals surface area contributed by atoms with Gasteiger partial charge in [0.2, 0.25) is 5.91 Å². The standard InChI is InChI=1S/C15H24N2O3/c1-4-17(5-2)10-14(19)11-20-15-8-6-13(7-9-15)16-12(3)18/h6-9,14,19H,4-5,10-11H2,1-3H3,(H,16,18)/p+1/t14-/m1/s1. The first-order chi connectivity index (χ1) is 9.55. The van der Waals surface area contributed by atoms with Crippen molar-refractivity contribution in [3.8, 4) is 5.75 Å². The monoisotopic (exact) mass is 281 g/mol. The average molecular weight is 281 g/mol. The lowest BCUT2D eigenvalue weighted by Crippen LogP contribution is -3.12. The number of carbonyl (C=O) groups excluding carboxylic acids is 1. The SMILES string of the molecule is CC[NH+](CC)C[C@@H](O)COc1ccc(NC(C)=O)cc1. The van der Waals surface area contributed by atoms with Crippen molar-refractivity contribution >= 4 is 11.6 Å². The quantitative estimate of drug-likeness (QED) is 0.642. The van der Waals surface area contributed by atoms with Crippen molar-refractivity contribution in [1.82, 2.24) is 0 Å². The van der Waals surface area contributed by atoms with Gasteiger partial charge in [-0.2, -0.15) is 0 Å². The van der Waals surface area contributed by atoms with E-state index in [1.807, 2.05) is 0 Å². The first-order valence-corrected chi connectivity index (χ1v) is 7.07. The zero-order valence-electron chi connectivity index (χ0n) is 12.5. The lowest BCUT2D eigenvalue weighted by molar-refractivity contribution is -0.899. The van der Waals surface area contributed by atoms with Crippen LogP contribution in [0.3, 0.4) is 0 Å². The molecule has 20 heavy (non-hydrogen) atoms. The Hall–Kier alpha value is -1.59. The zero-order valence-corrected chi connectivity index (χ0v) is 12.5. The molecule has 5 heteroatoms. The average Bonchev–Trinajstić information content (AvgIpc) is 2.43. The van der Waals surface area contributed by atoms with Crippen molar-refractivity contribution in [1.29, 1.82) is 0 Å². The van der Waals surface area contributed by atoms with E-state index >= 15 is 0 Å². The predicted molar refractivity (Wildman–Crippen MR) is 79.2 cm³/mol. The molecule has 1 amide bonds. The summed E-state index contributed by atoms with van der Waals surface area (Å²) < 4.78 is 5.54. The summed E-state index contributed by atoms with van der Waals surface area (Å²) >= 11 is 0. The Bertz CT molecular complexity index is 402. The molecule has 3 N–H and O–H groups in total. The molecule has 0 fully saturated rings. The molecule has 112 valence electrons. The van der Waals surface area contributed by atoms with Gasteiger partial charge < -0.3 is 20.1 Å². The molecule has 0 aliphatic rings. The van der Waals surface area contributed by atoms with Crippen LogP contribution in [-0.4, -0.2) is 43.4 Å². The second kappa shape index (κ2) is 8.55. The first-order valence-electron chi connectivity index (χ1n) is 7.07. The molecule has 0 spiro atoms. The van der Waals surface area contributed by atoms with Gasteiger partial charge in [-0.25, -0.2) is 0 Å². The summed E-state index contributed by atoms with van der Waals surface area (Å²) in [6.45, 7) is 8.65. The molecular formula is C15H25N2O3+. The third-order valence-corrected chi connectivity index (χ3v) is 3.14. The number of nitrogens with one attached hydrogen (secondary N) is 2. The number of aliphatic hydroxyl groups is 1. The van der Waals surface area contributed by atoms with Crippen molar-refractivity contribution in [2.45, 2.75) is 26.9 Å². The highest BCUT2D eigenvalue weighted by molar-refractivity contribution is 5.88. The lowest BCUT2D eigenvalue weighted by Gasteiger charge is -2.19. The molecule has 0 unspecified atom stereocenters. The van der Waals surface area contributed by atoms with Crippen LogP contribution in [0.2, 0.25) is 0 Å². The Labute approximate surface area is 120 Å². The number of aliphatic hydroxyl groups excluding tert-OH is 1. The van der Waals surface area contributed by atoms with E-state index in [-0.39, 0.29) is 12.5 Å². The molecule has 0 saturated carbocycles. The van der Waals surface area contributed by atoms with E-state index in [0.29, 0.717) is 12.3 Å². The lowest BCUT2D eigenvalue weighted by atomic mass is 10.3. The smallest absolute Gasteiger partial charge is 0.221 e. The van der Waals surface area contributed by atoms with E-state index in [1.54, 1.807) is 24.3 Å². The minimum atomic E-state index is -0.472.